The van der Waals surface area contributed by atoms with Crippen molar-refractivity contribution in [2.45, 2.75) is 26.2 Å². The molecule has 0 spiro atoms. The first kappa shape index (κ1) is 21.7. The Morgan fingerprint density at radius 3 is 2.36 bits per heavy atom. The summed E-state index contributed by atoms with van der Waals surface area (Å²) in [4.78, 5) is 17.3. The zero-order valence-electron chi connectivity index (χ0n) is 18.6. The van der Waals surface area contributed by atoms with Crippen LogP contribution in [0.3, 0.4) is 0 Å². The molecule has 0 amide bonds. The van der Waals surface area contributed by atoms with E-state index in [0.29, 0.717) is 17.2 Å². The van der Waals surface area contributed by atoms with Crippen LogP contribution in [0.1, 0.15) is 32.0 Å². The molecule has 0 aliphatic heterocycles. The summed E-state index contributed by atoms with van der Waals surface area (Å²) in [5, 5.41) is 33.3. The van der Waals surface area contributed by atoms with Gasteiger partial charge in [-0.15, -0.1) is 10.2 Å². The van der Waals surface area contributed by atoms with Crippen LogP contribution < -0.4 is 5.56 Å². The Hall–Kier alpha value is -4.52. The monoisotopic (exact) mass is 442 g/mol. The van der Waals surface area contributed by atoms with Gasteiger partial charge < -0.3 is 5.11 Å². The molecule has 0 saturated carbocycles. The van der Waals surface area contributed by atoms with Gasteiger partial charge in [0.15, 0.2) is 11.6 Å². The van der Waals surface area contributed by atoms with E-state index < -0.39 is 11.0 Å². The fraction of sp³-hybridized carbons (Fsp3) is 0.217. The molecule has 10 heteroatoms. The maximum Gasteiger partial charge on any atom is 0.303 e. The minimum absolute atomic E-state index is 0.120. The van der Waals surface area contributed by atoms with Gasteiger partial charge in [-0.1, -0.05) is 45.0 Å². The summed E-state index contributed by atoms with van der Waals surface area (Å²) in [6, 6.07) is 16.3. The van der Waals surface area contributed by atoms with Crippen LogP contribution in [-0.2, 0) is 12.5 Å². The highest BCUT2D eigenvalue weighted by Crippen LogP contribution is 2.34. The number of pyridine rings is 1. The summed E-state index contributed by atoms with van der Waals surface area (Å²) in [6.07, 6.45) is 1.60. The van der Waals surface area contributed by atoms with E-state index in [1.165, 1.54) is 14.0 Å². The van der Waals surface area contributed by atoms with Gasteiger partial charge in [0.25, 0.3) is 0 Å². The van der Waals surface area contributed by atoms with E-state index in [1.54, 1.807) is 55.7 Å². The molecule has 0 radical (unpaired) electrons. The number of azo groups is 1. The third-order valence-corrected chi connectivity index (χ3v) is 5.01. The van der Waals surface area contributed by atoms with E-state index in [2.05, 4.69) is 26.4 Å². The van der Waals surface area contributed by atoms with Crippen molar-refractivity contribution in [2.24, 2.45) is 17.3 Å². The molecule has 1 aromatic carbocycles. The summed E-state index contributed by atoms with van der Waals surface area (Å²) >= 11 is 0. The molecular formula is C23H22N8O2. The third-order valence-electron chi connectivity index (χ3n) is 5.01. The smallest absolute Gasteiger partial charge is 0.303 e. The van der Waals surface area contributed by atoms with Crippen LogP contribution in [0.5, 0.6) is 5.88 Å². The first-order valence-electron chi connectivity index (χ1n) is 10.2. The molecule has 3 aromatic heterocycles. The summed E-state index contributed by atoms with van der Waals surface area (Å²) in [5.74, 6) is 0.207. The topological polar surface area (TPSA) is 126 Å². The molecule has 4 aromatic rings. The Kier molecular flexibility index (Phi) is 5.39. The Bertz CT molecular complexity index is 1430. The molecule has 10 nitrogen and oxygen atoms in total. The van der Waals surface area contributed by atoms with Gasteiger partial charge in [0.05, 0.1) is 11.4 Å². The van der Waals surface area contributed by atoms with Gasteiger partial charge in [-0.2, -0.15) is 15.0 Å². The second kappa shape index (κ2) is 8.20. The van der Waals surface area contributed by atoms with Crippen LogP contribution in [0.25, 0.3) is 11.5 Å². The van der Waals surface area contributed by atoms with Crippen LogP contribution in [-0.4, -0.2) is 29.2 Å². The Morgan fingerprint density at radius 2 is 1.76 bits per heavy atom. The average molecular weight is 442 g/mol. The molecule has 166 valence electrons. The summed E-state index contributed by atoms with van der Waals surface area (Å²) in [6.45, 7) is 5.80. The highest BCUT2D eigenvalue weighted by atomic mass is 16.3. The Balaban J connectivity index is 1.90. The molecule has 0 unspecified atom stereocenters. The number of aromatic nitrogens is 5. The lowest BCUT2D eigenvalue weighted by atomic mass is 9.90. The largest absolute Gasteiger partial charge is 0.492 e. The van der Waals surface area contributed by atoms with E-state index >= 15 is 0 Å². The van der Waals surface area contributed by atoms with Gasteiger partial charge in [-0.25, -0.2) is 14.3 Å². The molecule has 0 bridgehead atoms. The van der Waals surface area contributed by atoms with E-state index in [0.717, 1.165) is 0 Å². The van der Waals surface area contributed by atoms with Crippen molar-refractivity contribution in [1.82, 2.24) is 24.1 Å². The van der Waals surface area contributed by atoms with Crippen molar-refractivity contribution in [3.05, 3.63) is 76.3 Å². The van der Waals surface area contributed by atoms with Crippen LogP contribution >= 0.6 is 0 Å². The lowest BCUT2D eigenvalue weighted by Crippen LogP contribution is -2.18. The number of hydrogen-bond donors (Lipinski definition) is 1. The first-order valence-corrected chi connectivity index (χ1v) is 10.2. The molecule has 0 saturated heterocycles. The molecule has 0 atom stereocenters. The second-order valence-corrected chi connectivity index (χ2v) is 8.36. The molecule has 0 aliphatic rings. The van der Waals surface area contributed by atoms with Crippen molar-refractivity contribution in [3.63, 3.8) is 0 Å². The first-order chi connectivity index (χ1) is 15.7. The fourth-order valence-corrected chi connectivity index (χ4v) is 3.39. The molecule has 33 heavy (non-hydrogen) atoms. The lowest BCUT2D eigenvalue weighted by molar-refractivity contribution is 0.408. The number of nitrogens with zero attached hydrogens (tertiary/aromatic N) is 8. The van der Waals surface area contributed by atoms with Crippen molar-refractivity contribution >= 4 is 11.5 Å². The predicted octanol–water partition coefficient (Wildman–Crippen LogP) is 4.05. The molecule has 3 heterocycles. The Morgan fingerprint density at radius 1 is 1.06 bits per heavy atom. The van der Waals surface area contributed by atoms with E-state index in [4.69, 9.17) is 0 Å². The van der Waals surface area contributed by atoms with Gasteiger partial charge in [0.2, 0.25) is 11.6 Å². The fourth-order valence-electron chi connectivity index (χ4n) is 3.39. The number of rotatable bonds is 4. The van der Waals surface area contributed by atoms with Gasteiger partial charge in [-0.3, -0.25) is 4.79 Å². The van der Waals surface area contributed by atoms with Crippen molar-refractivity contribution in [2.75, 3.05) is 0 Å². The zero-order valence-corrected chi connectivity index (χ0v) is 18.6. The van der Waals surface area contributed by atoms with Gasteiger partial charge >= 0.3 is 5.56 Å². The number of nitriles is 1. The minimum atomic E-state index is -0.552. The highest BCUT2D eigenvalue weighted by molar-refractivity contribution is 5.57. The number of hydrogen-bond acceptors (Lipinski definition) is 7. The van der Waals surface area contributed by atoms with Crippen LogP contribution in [0.2, 0.25) is 0 Å². The summed E-state index contributed by atoms with van der Waals surface area (Å²) in [5.41, 5.74) is 0.0385. The molecule has 0 fully saturated rings. The maximum absolute atomic E-state index is 13.0. The molecular weight excluding hydrogens is 420 g/mol. The normalized spacial score (nSPS) is 11.7. The van der Waals surface area contributed by atoms with Gasteiger partial charge in [0, 0.05) is 18.7 Å². The van der Waals surface area contributed by atoms with Crippen molar-refractivity contribution in [3.8, 4) is 23.5 Å². The molecule has 0 aliphatic carbocycles. The quantitative estimate of drug-likeness (QED) is 0.477. The molecule has 4 rings (SSSR count). The van der Waals surface area contributed by atoms with Gasteiger partial charge in [0.1, 0.15) is 11.6 Å². The molecule has 1 N–H and O–H groups in total. The number of benzene rings is 1. The minimum Gasteiger partial charge on any atom is -0.492 e. The highest BCUT2D eigenvalue weighted by Gasteiger charge is 2.28. The zero-order chi connectivity index (χ0) is 23.8. The lowest BCUT2D eigenvalue weighted by Gasteiger charge is -2.14. The van der Waals surface area contributed by atoms with Crippen LogP contribution in [0.15, 0.2) is 69.8 Å². The maximum atomic E-state index is 13.0. The van der Waals surface area contributed by atoms with E-state index in [1.807, 2.05) is 26.8 Å². The van der Waals surface area contributed by atoms with Crippen LogP contribution in [0, 0.1) is 11.3 Å². The predicted molar refractivity (Wildman–Crippen MR) is 122 cm³/mol. The van der Waals surface area contributed by atoms with E-state index in [-0.39, 0.29) is 22.9 Å². The standard InChI is InChI=1S/C23H22N8O2/c1-23(2,3)19-16(14-24)20(30(28-19)17-12-8-9-13-25-17)27-26-18-21(32)29(4)31(22(18)33)15-10-6-5-7-11-15/h5-13,32H,1-4H3. The Labute approximate surface area is 189 Å². The van der Waals surface area contributed by atoms with E-state index in [9.17, 15) is 15.2 Å². The second-order valence-electron chi connectivity index (χ2n) is 8.36. The van der Waals surface area contributed by atoms with Gasteiger partial charge in [-0.05, 0) is 24.3 Å². The SMILES string of the molecule is Cn1c(O)c(N=Nc2c(C#N)c(C(C)(C)C)nn2-c2ccccn2)c(=O)n1-c1ccccc1. The summed E-state index contributed by atoms with van der Waals surface area (Å²) in [7, 11) is 1.54. The number of aromatic hydroxyl groups is 1. The summed E-state index contributed by atoms with van der Waals surface area (Å²) < 4.78 is 3.98. The number of para-hydroxylation sites is 1. The van der Waals surface area contributed by atoms with Crippen molar-refractivity contribution in [1.29, 1.82) is 5.26 Å². The third kappa shape index (κ3) is 3.80. The average Bonchev–Trinajstić information content (AvgIpc) is 3.28. The van der Waals surface area contributed by atoms with Crippen molar-refractivity contribution < 1.29 is 5.11 Å². The van der Waals surface area contributed by atoms with Crippen LogP contribution in [0.4, 0.5) is 11.5 Å².